The number of rotatable bonds is 11. The lowest BCUT2D eigenvalue weighted by Crippen LogP contribution is -2.22. The number of benzene rings is 1. The van der Waals surface area contributed by atoms with Gasteiger partial charge in [0.1, 0.15) is 6.61 Å². The van der Waals surface area contributed by atoms with Gasteiger partial charge in [0.2, 0.25) is 0 Å². The molecule has 0 saturated heterocycles. The maximum atomic E-state index is 5.67. The van der Waals surface area contributed by atoms with Crippen molar-refractivity contribution < 1.29 is 9.47 Å². The maximum Gasteiger partial charge on any atom is 0.161 e. The third-order valence-corrected chi connectivity index (χ3v) is 3.11. The summed E-state index contributed by atoms with van der Waals surface area (Å²) >= 11 is 5.62. The Balaban J connectivity index is 2.01. The molecule has 4 heteroatoms. The first-order valence-electron chi connectivity index (χ1n) is 6.91. The van der Waals surface area contributed by atoms with Gasteiger partial charge in [-0.3, -0.25) is 0 Å². The molecule has 19 heavy (non-hydrogen) atoms. The van der Waals surface area contributed by atoms with Gasteiger partial charge in [-0.15, -0.1) is 11.6 Å². The largest absolute Gasteiger partial charge is 0.493 e. The van der Waals surface area contributed by atoms with Crippen LogP contribution in [-0.4, -0.2) is 32.7 Å². The lowest BCUT2D eigenvalue weighted by atomic mass is 10.2. The van der Waals surface area contributed by atoms with Crippen molar-refractivity contribution in [2.75, 3.05) is 32.7 Å². The number of hydrogen-bond donors (Lipinski definition) is 1. The van der Waals surface area contributed by atoms with E-state index in [1.54, 1.807) is 7.11 Å². The van der Waals surface area contributed by atoms with E-state index in [1.165, 1.54) is 19.3 Å². The summed E-state index contributed by atoms with van der Waals surface area (Å²) in [6, 6.07) is 7.71. The maximum absolute atomic E-state index is 5.67. The number of alkyl halides is 1. The van der Waals surface area contributed by atoms with E-state index in [1.807, 2.05) is 24.3 Å². The molecule has 1 aromatic carbocycles. The van der Waals surface area contributed by atoms with E-state index in [-0.39, 0.29) is 0 Å². The molecule has 0 spiro atoms. The van der Waals surface area contributed by atoms with Gasteiger partial charge in [0.05, 0.1) is 7.11 Å². The molecule has 0 heterocycles. The van der Waals surface area contributed by atoms with E-state index in [0.717, 1.165) is 36.9 Å². The predicted molar refractivity (Wildman–Crippen MR) is 80.5 cm³/mol. The number of para-hydroxylation sites is 2. The second-order valence-corrected chi connectivity index (χ2v) is 4.73. The van der Waals surface area contributed by atoms with Gasteiger partial charge in [-0.25, -0.2) is 0 Å². The van der Waals surface area contributed by atoms with Gasteiger partial charge < -0.3 is 14.8 Å². The van der Waals surface area contributed by atoms with Gasteiger partial charge in [-0.2, -0.15) is 0 Å². The Kier molecular flexibility index (Phi) is 9.29. The van der Waals surface area contributed by atoms with Crippen molar-refractivity contribution in [1.29, 1.82) is 0 Å². The van der Waals surface area contributed by atoms with Crippen LogP contribution in [0.2, 0.25) is 0 Å². The molecule has 1 N–H and O–H groups in total. The molecule has 0 atom stereocenters. The van der Waals surface area contributed by atoms with Crippen molar-refractivity contribution >= 4 is 11.6 Å². The fourth-order valence-corrected chi connectivity index (χ4v) is 1.98. The molecule has 0 radical (unpaired) electrons. The average Bonchev–Trinajstić information content (AvgIpc) is 2.46. The highest BCUT2D eigenvalue weighted by Gasteiger charge is 2.01. The molecule has 0 aromatic heterocycles. The van der Waals surface area contributed by atoms with E-state index in [2.05, 4.69) is 5.32 Å². The Morgan fingerprint density at radius 1 is 1.00 bits per heavy atom. The molecule has 0 aliphatic heterocycles. The summed E-state index contributed by atoms with van der Waals surface area (Å²) < 4.78 is 10.9. The van der Waals surface area contributed by atoms with Crippen molar-refractivity contribution in [3.63, 3.8) is 0 Å². The molecule has 0 fully saturated rings. The standard InChI is InChI=1S/C15H24ClNO2/c1-18-14-8-4-5-9-15(14)19-13-12-17-11-7-3-2-6-10-16/h4-5,8-9,17H,2-3,6-7,10-13H2,1H3. The summed E-state index contributed by atoms with van der Waals surface area (Å²) in [6.07, 6.45) is 4.79. The quantitative estimate of drug-likeness (QED) is 0.499. The zero-order valence-electron chi connectivity index (χ0n) is 11.7. The minimum absolute atomic E-state index is 0.655. The number of hydrogen-bond acceptors (Lipinski definition) is 3. The van der Waals surface area contributed by atoms with E-state index in [9.17, 15) is 0 Å². The molecule has 0 aliphatic carbocycles. The molecule has 1 aromatic rings. The van der Waals surface area contributed by atoms with Crippen LogP contribution in [0.1, 0.15) is 25.7 Å². The van der Waals surface area contributed by atoms with Crippen LogP contribution in [-0.2, 0) is 0 Å². The number of nitrogens with one attached hydrogen (secondary N) is 1. The van der Waals surface area contributed by atoms with Crippen molar-refractivity contribution in [2.45, 2.75) is 25.7 Å². The van der Waals surface area contributed by atoms with Gasteiger partial charge in [-0.1, -0.05) is 25.0 Å². The Labute approximate surface area is 121 Å². The highest BCUT2D eigenvalue weighted by molar-refractivity contribution is 6.17. The van der Waals surface area contributed by atoms with Crippen LogP contribution in [0.5, 0.6) is 11.5 Å². The second kappa shape index (κ2) is 10.9. The third kappa shape index (κ3) is 7.28. The molecular weight excluding hydrogens is 262 g/mol. The van der Waals surface area contributed by atoms with Gasteiger partial charge in [0, 0.05) is 12.4 Å². The van der Waals surface area contributed by atoms with Gasteiger partial charge in [0.25, 0.3) is 0 Å². The first kappa shape index (κ1) is 16.1. The first-order valence-corrected chi connectivity index (χ1v) is 7.44. The molecular formula is C15H24ClNO2. The summed E-state index contributed by atoms with van der Waals surface area (Å²) in [5, 5.41) is 3.37. The topological polar surface area (TPSA) is 30.5 Å². The van der Waals surface area contributed by atoms with E-state index < -0.39 is 0 Å². The number of ether oxygens (including phenoxy) is 2. The Bertz CT molecular complexity index is 334. The van der Waals surface area contributed by atoms with E-state index in [0.29, 0.717) is 6.61 Å². The Hall–Kier alpha value is -0.930. The van der Waals surface area contributed by atoms with E-state index in [4.69, 9.17) is 21.1 Å². The summed E-state index contributed by atoms with van der Waals surface area (Å²) in [5.74, 6) is 2.36. The first-order chi connectivity index (χ1) is 9.38. The van der Waals surface area contributed by atoms with Crippen molar-refractivity contribution in [3.05, 3.63) is 24.3 Å². The van der Waals surface area contributed by atoms with Crippen LogP contribution in [0.4, 0.5) is 0 Å². The van der Waals surface area contributed by atoms with Crippen LogP contribution >= 0.6 is 11.6 Å². The average molecular weight is 286 g/mol. The van der Waals surface area contributed by atoms with Crippen LogP contribution in [0.25, 0.3) is 0 Å². The lowest BCUT2D eigenvalue weighted by molar-refractivity contribution is 0.292. The third-order valence-electron chi connectivity index (χ3n) is 2.84. The highest BCUT2D eigenvalue weighted by atomic mass is 35.5. The van der Waals surface area contributed by atoms with Gasteiger partial charge >= 0.3 is 0 Å². The zero-order valence-corrected chi connectivity index (χ0v) is 12.4. The fourth-order valence-electron chi connectivity index (χ4n) is 1.79. The summed E-state index contributed by atoms with van der Waals surface area (Å²) in [4.78, 5) is 0. The van der Waals surface area contributed by atoms with Crippen LogP contribution in [0, 0.1) is 0 Å². The number of methoxy groups -OCH3 is 1. The fraction of sp³-hybridized carbons (Fsp3) is 0.600. The minimum Gasteiger partial charge on any atom is -0.493 e. The molecule has 0 unspecified atom stereocenters. The van der Waals surface area contributed by atoms with Gasteiger partial charge in [0.15, 0.2) is 11.5 Å². The Morgan fingerprint density at radius 2 is 1.74 bits per heavy atom. The normalized spacial score (nSPS) is 10.4. The molecule has 0 bridgehead atoms. The number of halogens is 1. The van der Waals surface area contributed by atoms with Crippen LogP contribution in [0.3, 0.4) is 0 Å². The van der Waals surface area contributed by atoms with E-state index >= 15 is 0 Å². The van der Waals surface area contributed by atoms with Crippen molar-refractivity contribution in [3.8, 4) is 11.5 Å². The molecule has 0 amide bonds. The molecule has 0 aliphatic rings. The second-order valence-electron chi connectivity index (χ2n) is 4.35. The van der Waals surface area contributed by atoms with Crippen LogP contribution < -0.4 is 14.8 Å². The zero-order chi connectivity index (χ0) is 13.8. The summed E-state index contributed by atoms with van der Waals surface area (Å²) in [6.45, 7) is 2.55. The monoisotopic (exact) mass is 285 g/mol. The highest BCUT2D eigenvalue weighted by Crippen LogP contribution is 2.25. The lowest BCUT2D eigenvalue weighted by Gasteiger charge is -2.10. The van der Waals surface area contributed by atoms with Crippen molar-refractivity contribution in [1.82, 2.24) is 5.32 Å². The molecule has 108 valence electrons. The van der Waals surface area contributed by atoms with Crippen molar-refractivity contribution in [2.24, 2.45) is 0 Å². The number of unbranched alkanes of at least 4 members (excludes halogenated alkanes) is 3. The summed E-state index contributed by atoms with van der Waals surface area (Å²) in [7, 11) is 1.65. The SMILES string of the molecule is COc1ccccc1OCCNCCCCCCCl. The Morgan fingerprint density at radius 3 is 2.47 bits per heavy atom. The predicted octanol–water partition coefficient (Wildman–Crippen LogP) is 3.46. The van der Waals surface area contributed by atoms with Crippen LogP contribution in [0.15, 0.2) is 24.3 Å². The minimum atomic E-state index is 0.655. The summed E-state index contributed by atoms with van der Waals surface area (Å²) in [5.41, 5.74) is 0. The molecule has 0 saturated carbocycles. The molecule has 3 nitrogen and oxygen atoms in total. The van der Waals surface area contributed by atoms with Gasteiger partial charge in [-0.05, 0) is 31.5 Å². The smallest absolute Gasteiger partial charge is 0.161 e. The molecule has 1 rings (SSSR count).